The highest BCUT2D eigenvalue weighted by molar-refractivity contribution is 7.99. The summed E-state index contributed by atoms with van der Waals surface area (Å²) in [6.07, 6.45) is 0.968. The van der Waals surface area contributed by atoms with Gasteiger partial charge in [-0.15, -0.1) is 21.5 Å². The fraction of sp³-hybridized carbons (Fsp3) is 0.235. The van der Waals surface area contributed by atoms with Crippen molar-refractivity contribution in [1.29, 1.82) is 0 Å². The van der Waals surface area contributed by atoms with Crippen molar-refractivity contribution in [2.24, 2.45) is 0 Å². The Morgan fingerprint density at radius 1 is 1.28 bits per heavy atom. The van der Waals surface area contributed by atoms with Gasteiger partial charge in [-0.3, -0.25) is 4.79 Å². The highest BCUT2D eigenvalue weighted by Gasteiger charge is 2.16. The molecule has 0 saturated heterocycles. The summed E-state index contributed by atoms with van der Waals surface area (Å²) in [7, 11) is 0. The van der Waals surface area contributed by atoms with E-state index in [1.165, 1.54) is 11.8 Å². The predicted octanol–water partition coefficient (Wildman–Crippen LogP) is 4.80. The van der Waals surface area contributed by atoms with Crippen LogP contribution >= 0.6 is 34.7 Å². The molecule has 25 heavy (non-hydrogen) atoms. The Hall–Kier alpha value is -1.83. The first-order chi connectivity index (χ1) is 12.2. The summed E-state index contributed by atoms with van der Waals surface area (Å²) in [6, 6.07) is 11.2. The van der Waals surface area contributed by atoms with Gasteiger partial charge in [0.15, 0.2) is 11.0 Å². The number of halogens is 1. The fourth-order valence-corrected chi connectivity index (χ4v) is 3.95. The lowest BCUT2D eigenvalue weighted by atomic mass is 10.3. The molecule has 3 aromatic rings. The van der Waals surface area contributed by atoms with Gasteiger partial charge >= 0.3 is 0 Å². The average Bonchev–Trinajstić information content (AvgIpc) is 3.25. The minimum Gasteiger partial charge on any atom is -0.324 e. The van der Waals surface area contributed by atoms with Gasteiger partial charge in [-0.1, -0.05) is 48.5 Å². The van der Waals surface area contributed by atoms with E-state index in [1.807, 2.05) is 29.6 Å². The molecule has 0 bridgehead atoms. The van der Waals surface area contributed by atoms with Gasteiger partial charge < -0.3 is 9.88 Å². The van der Waals surface area contributed by atoms with Gasteiger partial charge in [0.25, 0.3) is 0 Å². The molecule has 0 aliphatic heterocycles. The van der Waals surface area contributed by atoms with Crippen LogP contribution in [0, 0.1) is 0 Å². The Morgan fingerprint density at radius 3 is 2.84 bits per heavy atom. The van der Waals surface area contributed by atoms with Crippen molar-refractivity contribution < 1.29 is 4.79 Å². The van der Waals surface area contributed by atoms with Crippen LogP contribution in [-0.4, -0.2) is 26.4 Å². The van der Waals surface area contributed by atoms with Gasteiger partial charge in [0.1, 0.15) is 0 Å². The van der Waals surface area contributed by atoms with E-state index in [0.717, 1.165) is 28.8 Å². The predicted molar refractivity (Wildman–Crippen MR) is 104 cm³/mol. The van der Waals surface area contributed by atoms with E-state index in [2.05, 4.69) is 27.0 Å². The highest BCUT2D eigenvalue weighted by atomic mass is 35.5. The fourth-order valence-electron chi connectivity index (χ4n) is 2.29. The molecule has 0 unspecified atom stereocenters. The van der Waals surface area contributed by atoms with E-state index in [-0.39, 0.29) is 11.7 Å². The number of nitrogens with one attached hydrogen (secondary N) is 1. The van der Waals surface area contributed by atoms with Crippen LogP contribution in [0.2, 0.25) is 5.02 Å². The number of benzene rings is 1. The zero-order valence-electron chi connectivity index (χ0n) is 13.6. The van der Waals surface area contributed by atoms with Gasteiger partial charge in [-0.25, -0.2) is 0 Å². The minimum absolute atomic E-state index is 0.123. The molecule has 5 nitrogen and oxygen atoms in total. The average molecular weight is 393 g/mol. The number of anilines is 1. The Morgan fingerprint density at radius 2 is 2.12 bits per heavy atom. The quantitative estimate of drug-likeness (QED) is 0.586. The van der Waals surface area contributed by atoms with Gasteiger partial charge in [-0.05, 0) is 30.0 Å². The zero-order valence-corrected chi connectivity index (χ0v) is 16.0. The zero-order chi connectivity index (χ0) is 17.6. The summed E-state index contributed by atoms with van der Waals surface area (Å²) in [6.45, 7) is 2.92. The molecule has 0 saturated carbocycles. The molecule has 0 atom stereocenters. The van der Waals surface area contributed by atoms with Gasteiger partial charge in [0.2, 0.25) is 5.91 Å². The first kappa shape index (κ1) is 18.0. The van der Waals surface area contributed by atoms with Crippen LogP contribution in [0.5, 0.6) is 0 Å². The lowest BCUT2D eigenvalue weighted by Crippen LogP contribution is -2.15. The molecule has 0 aliphatic carbocycles. The molecule has 0 spiro atoms. The molecular formula is C17H17ClN4OS2. The molecule has 2 heterocycles. The Bertz CT molecular complexity index is 848. The Labute approximate surface area is 159 Å². The van der Waals surface area contributed by atoms with Crippen molar-refractivity contribution in [1.82, 2.24) is 14.8 Å². The van der Waals surface area contributed by atoms with Crippen molar-refractivity contribution in [3.05, 3.63) is 46.8 Å². The smallest absolute Gasteiger partial charge is 0.234 e. The highest BCUT2D eigenvalue weighted by Crippen LogP contribution is 2.28. The second-order valence-corrected chi connectivity index (χ2v) is 7.55. The largest absolute Gasteiger partial charge is 0.324 e. The number of hydrogen-bond acceptors (Lipinski definition) is 5. The lowest BCUT2D eigenvalue weighted by Gasteiger charge is -2.09. The van der Waals surface area contributed by atoms with E-state index >= 15 is 0 Å². The van der Waals surface area contributed by atoms with E-state index in [0.29, 0.717) is 10.7 Å². The normalized spacial score (nSPS) is 10.8. The van der Waals surface area contributed by atoms with Crippen molar-refractivity contribution in [2.75, 3.05) is 11.1 Å². The van der Waals surface area contributed by atoms with Crippen LogP contribution in [0.15, 0.2) is 46.9 Å². The summed E-state index contributed by atoms with van der Waals surface area (Å²) >= 11 is 9.07. The van der Waals surface area contributed by atoms with Crippen LogP contribution in [0.3, 0.4) is 0 Å². The molecule has 3 rings (SSSR count). The molecule has 0 aliphatic rings. The summed E-state index contributed by atoms with van der Waals surface area (Å²) in [5, 5.41) is 14.7. The number of hydrogen-bond donors (Lipinski definition) is 1. The second kappa shape index (κ2) is 8.51. The Balaban J connectivity index is 1.68. The van der Waals surface area contributed by atoms with E-state index in [1.54, 1.807) is 23.5 Å². The monoisotopic (exact) mass is 392 g/mol. The van der Waals surface area contributed by atoms with Crippen LogP contribution in [0.25, 0.3) is 10.7 Å². The van der Waals surface area contributed by atoms with Crippen molar-refractivity contribution in [3.8, 4) is 10.7 Å². The van der Waals surface area contributed by atoms with Gasteiger partial charge in [0, 0.05) is 6.54 Å². The molecule has 1 N–H and O–H groups in total. The molecule has 8 heteroatoms. The first-order valence-corrected chi connectivity index (χ1v) is 10.1. The molecule has 130 valence electrons. The standard InChI is InChI=1S/C17H17ClN4OS2/c1-2-9-22-16(14-8-5-10-24-14)20-21-17(22)25-11-15(23)19-13-7-4-3-6-12(13)18/h3-8,10H,2,9,11H2,1H3,(H,19,23). The number of nitrogens with zero attached hydrogens (tertiary/aromatic N) is 3. The second-order valence-electron chi connectivity index (χ2n) is 5.25. The van der Waals surface area contributed by atoms with E-state index in [4.69, 9.17) is 11.6 Å². The minimum atomic E-state index is -0.123. The van der Waals surface area contributed by atoms with Crippen molar-refractivity contribution in [3.63, 3.8) is 0 Å². The molecular weight excluding hydrogens is 376 g/mol. The molecule has 0 radical (unpaired) electrons. The molecule has 1 amide bonds. The first-order valence-electron chi connectivity index (χ1n) is 7.83. The van der Waals surface area contributed by atoms with Gasteiger partial charge in [0.05, 0.1) is 21.3 Å². The third-order valence-electron chi connectivity index (χ3n) is 3.39. The van der Waals surface area contributed by atoms with Crippen LogP contribution in [0.1, 0.15) is 13.3 Å². The molecule has 0 fully saturated rings. The number of para-hydroxylation sites is 1. The van der Waals surface area contributed by atoms with Crippen LogP contribution in [-0.2, 0) is 11.3 Å². The number of thioether (sulfide) groups is 1. The number of carbonyl (C=O) groups is 1. The maximum atomic E-state index is 12.2. The van der Waals surface area contributed by atoms with Crippen LogP contribution < -0.4 is 5.32 Å². The third-order valence-corrected chi connectivity index (χ3v) is 5.55. The topological polar surface area (TPSA) is 59.8 Å². The number of aromatic nitrogens is 3. The van der Waals surface area contributed by atoms with Crippen molar-refractivity contribution in [2.45, 2.75) is 25.0 Å². The molecule has 1 aromatic carbocycles. The third kappa shape index (κ3) is 4.42. The van der Waals surface area contributed by atoms with E-state index < -0.39 is 0 Å². The SMILES string of the molecule is CCCn1c(SCC(=O)Nc2ccccc2Cl)nnc1-c1cccs1. The number of rotatable bonds is 7. The summed E-state index contributed by atoms with van der Waals surface area (Å²) < 4.78 is 2.07. The molecule has 2 aromatic heterocycles. The maximum Gasteiger partial charge on any atom is 0.234 e. The maximum absolute atomic E-state index is 12.2. The van der Waals surface area contributed by atoms with Crippen molar-refractivity contribution >= 4 is 46.3 Å². The van der Waals surface area contributed by atoms with E-state index in [9.17, 15) is 4.79 Å². The summed E-state index contributed by atoms with van der Waals surface area (Å²) in [5.74, 6) is 0.977. The summed E-state index contributed by atoms with van der Waals surface area (Å²) in [5.41, 5.74) is 0.615. The lowest BCUT2D eigenvalue weighted by molar-refractivity contribution is -0.113. The number of thiophene rings is 1. The number of amides is 1. The summed E-state index contributed by atoms with van der Waals surface area (Å²) in [4.78, 5) is 13.3. The Kier molecular flexibility index (Phi) is 6.12. The van der Waals surface area contributed by atoms with Gasteiger partial charge in [-0.2, -0.15) is 0 Å². The number of carbonyl (C=O) groups excluding carboxylic acids is 1. The van der Waals surface area contributed by atoms with Crippen LogP contribution in [0.4, 0.5) is 5.69 Å².